The molecule has 92 valence electrons. The second-order valence-electron chi connectivity index (χ2n) is 5.49. The molecular weight excluding hydrogens is 228 g/mol. The predicted octanol–water partition coefficient (Wildman–Crippen LogP) is 3.89. The molecule has 1 heterocycles. The molecule has 2 rings (SSSR count). The fourth-order valence-electron chi connectivity index (χ4n) is 1.91. The first kappa shape index (κ1) is 12.5. The molecule has 1 aromatic rings. The minimum Gasteiger partial charge on any atom is -0.335 e. The van der Waals surface area contributed by atoms with Gasteiger partial charge in [0.05, 0.1) is 6.54 Å². The number of nitrogens with zero attached hydrogens (tertiary/aromatic N) is 1. The lowest BCUT2D eigenvalue weighted by Gasteiger charge is -2.23. The molecule has 1 aliphatic rings. The van der Waals surface area contributed by atoms with E-state index in [1.165, 1.54) is 11.3 Å². The minimum atomic E-state index is 0.152. The molecule has 0 spiro atoms. The van der Waals surface area contributed by atoms with Crippen molar-refractivity contribution >= 4 is 22.6 Å². The second kappa shape index (κ2) is 4.73. The molecule has 1 aromatic carbocycles. The molecule has 2 nitrogen and oxygen atoms in total. The molecule has 0 aliphatic carbocycles. The zero-order chi connectivity index (χ0) is 12.5. The van der Waals surface area contributed by atoms with Gasteiger partial charge in [-0.25, -0.2) is 0 Å². The van der Waals surface area contributed by atoms with E-state index in [0.717, 1.165) is 11.7 Å². The lowest BCUT2D eigenvalue weighted by molar-refractivity contribution is 0.592. The number of para-hydroxylation sites is 1. The molecule has 1 aliphatic heterocycles. The van der Waals surface area contributed by atoms with Crippen molar-refractivity contribution in [3.63, 3.8) is 0 Å². The van der Waals surface area contributed by atoms with Crippen LogP contribution in [-0.2, 0) is 5.41 Å². The zero-order valence-corrected chi connectivity index (χ0v) is 11.8. The maximum absolute atomic E-state index is 4.50. The minimum absolute atomic E-state index is 0.152. The monoisotopic (exact) mass is 248 g/mol. The normalized spacial score (nSPS) is 20.2. The number of anilines is 1. The fraction of sp³-hybridized carbons (Fsp3) is 0.500. The summed E-state index contributed by atoms with van der Waals surface area (Å²) in [6, 6.07) is 8.48. The van der Waals surface area contributed by atoms with E-state index in [2.05, 4.69) is 62.3 Å². The number of aliphatic imine (C=N–C) groups is 1. The average molecular weight is 248 g/mol. The van der Waals surface area contributed by atoms with E-state index in [9.17, 15) is 0 Å². The first-order chi connectivity index (χ1) is 7.97. The second-order valence-corrected chi connectivity index (χ2v) is 6.92. The van der Waals surface area contributed by atoms with Crippen molar-refractivity contribution in [3.05, 3.63) is 29.8 Å². The van der Waals surface area contributed by atoms with Gasteiger partial charge >= 0.3 is 0 Å². The molecule has 1 unspecified atom stereocenters. The molecule has 1 N–H and O–H groups in total. The van der Waals surface area contributed by atoms with Gasteiger partial charge in [0.1, 0.15) is 0 Å². The Morgan fingerprint density at radius 3 is 2.59 bits per heavy atom. The van der Waals surface area contributed by atoms with Crippen LogP contribution in [0.25, 0.3) is 0 Å². The van der Waals surface area contributed by atoms with Gasteiger partial charge in [0.2, 0.25) is 0 Å². The molecule has 0 radical (unpaired) electrons. The Morgan fingerprint density at radius 1 is 1.29 bits per heavy atom. The van der Waals surface area contributed by atoms with Gasteiger partial charge in [-0.1, -0.05) is 57.7 Å². The number of nitrogens with one attached hydrogen (secondary N) is 1. The molecule has 0 amide bonds. The van der Waals surface area contributed by atoms with E-state index < -0.39 is 0 Å². The highest BCUT2D eigenvalue weighted by molar-refractivity contribution is 8.15. The van der Waals surface area contributed by atoms with Gasteiger partial charge in [0.25, 0.3) is 0 Å². The molecule has 1 atom stereocenters. The third-order valence-electron chi connectivity index (χ3n) is 2.78. The van der Waals surface area contributed by atoms with E-state index in [4.69, 9.17) is 0 Å². The van der Waals surface area contributed by atoms with Crippen molar-refractivity contribution < 1.29 is 0 Å². The van der Waals surface area contributed by atoms with Crippen molar-refractivity contribution in [3.8, 4) is 0 Å². The van der Waals surface area contributed by atoms with Crippen LogP contribution in [0.4, 0.5) is 5.69 Å². The standard InChI is InChI=1S/C14H20N2S/c1-10-9-15-13(17-10)16-12-8-6-5-7-11(12)14(2,3)4/h5-8,10H,9H2,1-4H3,(H,15,16). The van der Waals surface area contributed by atoms with Crippen LogP contribution >= 0.6 is 11.8 Å². The SMILES string of the molecule is CC1CN=C(Nc2ccccc2C(C)(C)C)S1. The van der Waals surface area contributed by atoms with Crippen LogP contribution in [0.3, 0.4) is 0 Å². The Morgan fingerprint density at radius 2 is 2.00 bits per heavy atom. The summed E-state index contributed by atoms with van der Waals surface area (Å²) in [5.41, 5.74) is 2.67. The van der Waals surface area contributed by atoms with Gasteiger partial charge in [0.15, 0.2) is 5.17 Å². The van der Waals surface area contributed by atoms with E-state index in [-0.39, 0.29) is 5.41 Å². The van der Waals surface area contributed by atoms with Crippen LogP contribution in [0.1, 0.15) is 33.3 Å². The first-order valence-corrected chi connectivity index (χ1v) is 6.92. The van der Waals surface area contributed by atoms with E-state index in [0.29, 0.717) is 5.25 Å². The molecule has 0 saturated carbocycles. The topological polar surface area (TPSA) is 24.4 Å². The zero-order valence-electron chi connectivity index (χ0n) is 10.9. The molecule has 0 saturated heterocycles. The maximum Gasteiger partial charge on any atom is 0.161 e. The van der Waals surface area contributed by atoms with E-state index in [1.54, 1.807) is 0 Å². The summed E-state index contributed by atoms with van der Waals surface area (Å²) in [7, 11) is 0. The third kappa shape index (κ3) is 3.03. The summed E-state index contributed by atoms with van der Waals surface area (Å²) in [5.74, 6) is 0. The Bertz CT molecular complexity index is 432. The number of rotatable bonds is 1. The summed E-state index contributed by atoms with van der Waals surface area (Å²) in [6.07, 6.45) is 0. The highest BCUT2D eigenvalue weighted by atomic mass is 32.2. The Hall–Kier alpha value is -0.960. The molecule has 3 heteroatoms. The largest absolute Gasteiger partial charge is 0.335 e. The van der Waals surface area contributed by atoms with Crippen molar-refractivity contribution in [1.29, 1.82) is 0 Å². The van der Waals surface area contributed by atoms with E-state index in [1.807, 2.05) is 11.8 Å². The van der Waals surface area contributed by atoms with Gasteiger partial charge in [-0.15, -0.1) is 0 Å². The maximum atomic E-state index is 4.50. The summed E-state index contributed by atoms with van der Waals surface area (Å²) in [6.45, 7) is 9.84. The fourth-order valence-corrected chi connectivity index (χ4v) is 2.76. The van der Waals surface area contributed by atoms with Gasteiger partial charge < -0.3 is 5.32 Å². The van der Waals surface area contributed by atoms with Gasteiger partial charge in [-0.3, -0.25) is 4.99 Å². The van der Waals surface area contributed by atoms with Crippen LogP contribution in [0.15, 0.2) is 29.3 Å². The highest BCUT2D eigenvalue weighted by Gasteiger charge is 2.20. The van der Waals surface area contributed by atoms with Gasteiger partial charge in [0, 0.05) is 10.9 Å². The number of hydrogen-bond donors (Lipinski definition) is 1. The van der Waals surface area contributed by atoms with Crippen LogP contribution < -0.4 is 5.32 Å². The van der Waals surface area contributed by atoms with Crippen LogP contribution in [-0.4, -0.2) is 17.0 Å². The Labute approximate surface area is 108 Å². The third-order valence-corrected chi connectivity index (χ3v) is 3.79. The van der Waals surface area contributed by atoms with Crippen molar-refractivity contribution in [1.82, 2.24) is 0 Å². The average Bonchev–Trinajstić information content (AvgIpc) is 2.63. The van der Waals surface area contributed by atoms with Crippen molar-refractivity contribution in [2.45, 2.75) is 38.4 Å². The van der Waals surface area contributed by atoms with Crippen LogP contribution in [0, 0.1) is 0 Å². The summed E-state index contributed by atoms with van der Waals surface area (Å²) >= 11 is 1.82. The Balaban J connectivity index is 2.22. The number of hydrogen-bond acceptors (Lipinski definition) is 3. The number of thioether (sulfide) groups is 1. The van der Waals surface area contributed by atoms with Gasteiger partial charge in [-0.05, 0) is 17.0 Å². The smallest absolute Gasteiger partial charge is 0.161 e. The predicted molar refractivity (Wildman–Crippen MR) is 78.1 cm³/mol. The highest BCUT2D eigenvalue weighted by Crippen LogP contribution is 2.31. The number of amidine groups is 1. The molecular formula is C14H20N2S. The summed E-state index contributed by atoms with van der Waals surface area (Å²) < 4.78 is 0. The van der Waals surface area contributed by atoms with Gasteiger partial charge in [-0.2, -0.15) is 0 Å². The molecule has 0 aromatic heterocycles. The van der Waals surface area contributed by atoms with Crippen molar-refractivity contribution in [2.75, 3.05) is 11.9 Å². The first-order valence-electron chi connectivity index (χ1n) is 6.04. The van der Waals surface area contributed by atoms with Crippen LogP contribution in [0.2, 0.25) is 0 Å². The van der Waals surface area contributed by atoms with Crippen LogP contribution in [0.5, 0.6) is 0 Å². The summed E-state index contributed by atoms with van der Waals surface area (Å²) in [5, 5.41) is 5.11. The lowest BCUT2D eigenvalue weighted by Crippen LogP contribution is -2.16. The Kier molecular flexibility index (Phi) is 3.48. The molecule has 0 bridgehead atoms. The lowest BCUT2D eigenvalue weighted by atomic mass is 9.86. The molecule has 0 fully saturated rings. The number of benzene rings is 1. The van der Waals surface area contributed by atoms with Crippen molar-refractivity contribution in [2.24, 2.45) is 4.99 Å². The summed E-state index contributed by atoms with van der Waals surface area (Å²) in [4.78, 5) is 4.50. The quantitative estimate of drug-likeness (QED) is 0.815. The molecule has 17 heavy (non-hydrogen) atoms. The van der Waals surface area contributed by atoms with E-state index >= 15 is 0 Å².